The zero-order chi connectivity index (χ0) is 43.0. The first-order chi connectivity index (χ1) is 32.8. The van der Waals surface area contributed by atoms with Crippen LogP contribution in [-0.4, -0.2) is 13.8 Å². The largest absolute Gasteiger partial charge is 0.308 e. The van der Waals surface area contributed by atoms with Gasteiger partial charge in [0.05, 0.1) is 45.2 Å². The molecule has 66 heavy (non-hydrogen) atoms. The number of benzene rings is 10. The van der Waals surface area contributed by atoms with E-state index in [9.17, 15) is 0 Å². The van der Waals surface area contributed by atoms with Crippen LogP contribution in [0.1, 0.15) is 0 Å². The first-order valence-corrected chi connectivity index (χ1v) is 22.6. The summed E-state index contributed by atoms with van der Waals surface area (Å²) in [4.78, 5) is 10.5. The molecule has 0 aliphatic carbocycles. The number of hydrogen-bond donors (Lipinski definition) is 0. The molecule has 0 saturated heterocycles. The molecule has 0 amide bonds. The number of anilines is 6. The molecule has 0 aliphatic heterocycles. The molecular weight excluding hydrogens is 803 g/mol. The van der Waals surface area contributed by atoms with Gasteiger partial charge in [0.25, 0.3) is 0 Å². The van der Waals surface area contributed by atoms with E-state index < -0.39 is 0 Å². The maximum absolute atomic E-state index is 5.64. The molecule has 5 nitrogen and oxygen atoms in total. The van der Waals surface area contributed by atoms with Crippen molar-refractivity contribution in [1.82, 2.24) is 13.8 Å². The standard InChI is InChI=1S/C61H37N5/c1-5-21-40(22-6-1)63(41-23-7-2-8-24-41)51-34-18-32-47-46-31-17-33-48-54-55-52(37-62-61(54)66(56(46)48)57(47)51)65-58-49(35-38-19-13-15-29-44(38)53(55)58)50-36-39-20-14-16-30-45(39)59(60(50)65)64(42-25-9-3-10-26-42)43-27-11-4-12-28-43/h1-37H. The number of nitrogens with zero attached hydrogens (tertiary/aromatic N) is 5. The number of fused-ring (bicyclic) bond motifs is 16. The predicted molar refractivity (Wildman–Crippen MR) is 278 cm³/mol. The quantitative estimate of drug-likeness (QED) is 0.167. The molecule has 0 radical (unpaired) electrons. The van der Waals surface area contributed by atoms with Gasteiger partial charge in [0.2, 0.25) is 0 Å². The van der Waals surface area contributed by atoms with Crippen LogP contribution in [0.15, 0.2) is 225 Å². The Balaban J connectivity index is 1.15. The Hall–Kier alpha value is -8.93. The summed E-state index contributed by atoms with van der Waals surface area (Å²) in [7, 11) is 0. The van der Waals surface area contributed by atoms with E-state index in [1.54, 1.807) is 0 Å². The minimum atomic E-state index is 0.959. The Kier molecular flexibility index (Phi) is 7.16. The molecule has 5 heterocycles. The second-order valence-corrected chi connectivity index (χ2v) is 17.5. The Morgan fingerprint density at radius 1 is 0.318 bits per heavy atom. The van der Waals surface area contributed by atoms with Gasteiger partial charge in [-0.1, -0.05) is 152 Å². The van der Waals surface area contributed by atoms with Gasteiger partial charge in [0.1, 0.15) is 5.65 Å². The van der Waals surface area contributed by atoms with Gasteiger partial charge < -0.3 is 14.2 Å². The van der Waals surface area contributed by atoms with Crippen LogP contribution in [0.4, 0.5) is 34.1 Å². The molecule has 15 rings (SSSR count). The predicted octanol–water partition coefficient (Wildman–Crippen LogP) is 16.6. The van der Waals surface area contributed by atoms with Crippen molar-refractivity contribution >= 4 is 132 Å². The van der Waals surface area contributed by atoms with Crippen molar-refractivity contribution in [2.75, 3.05) is 9.80 Å². The summed E-state index contributed by atoms with van der Waals surface area (Å²) in [6.07, 6.45) is 2.16. The van der Waals surface area contributed by atoms with E-state index in [1.807, 2.05) is 0 Å². The smallest absolute Gasteiger partial charge is 0.146 e. The van der Waals surface area contributed by atoms with E-state index in [1.165, 1.54) is 81.2 Å². The van der Waals surface area contributed by atoms with Gasteiger partial charge in [-0.3, -0.25) is 4.40 Å². The normalized spacial score (nSPS) is 12.2. The van der Waals surface area contributed by atoms with Crippen molar-refractivity contribution in [3.05, 3.63) is 225 Å². The monoisotopic (exact) mass is 839 g/mol. The highest BCUT2D eigenvalue weighted by Crippen LogP contribution is 2.53. The summed E-state index contributed by atoms with van der Waals surface area (Å²) in [5.41, 5.74) is 13.4. The fourth-order valence-corrected chi connectivity index (χ4v) is 11.5. The average Bonchev–Trinajstić information content (AvgIpc) is 4.11. The molecule has 15 aromatic rings. The van der Waals surface area contributed by atoms with Crippen LogP contribution < -0.4 is 9.80 Å². The zero-order valence-electron chi connectivity index (χ0n) is 35.6. The Morgan fingerprint density at radius 3 is 1.44 bits per heavy atom. The van der Waals surface area contributed by atoms with E-state index >= 15 is 0 Å². The number of pyridine rings is 1. The Morgan fingerprint density at radius 2 is 0.803 bits per heavy atom. The summed E-state index contributed by atoms with van der Waals surface area (Å²) in [5.74, 6) is 0. The van der Waals surface area contributed by atoms with Crippen molar-refractivity contribution in [3.63, 3.8) is 0 Å². The fourth-order valence-electron chi connectivity index (χ4n) is 11.5. The molecule has 5 heteroatoms. The number of para-hydroxylation sites is 6. The first-order valence-electron chi connectivity index (χ1n) is 22.6. The highest BCUT2D eigenvalue weighted by atomic mass is 15.2. The number of aromatic nitrogens is 3. The van der Waals surface area contributed by atoms with Gasteiger partial charge in [0, 0.05) is 71.2 Å². The van der Waals surface area contributed by atoms with E-state index in [2.05, 4.69) is 243 Å². The molecule has 0 saturated carbocycles. The molecule has 10 aromatic carbocycles. The van der Waals surface area contributed by atoms with Gasteiger partial charge in [-0.2, -0.15) is 0 Å². The van der Waals surface area contributed by atoms with Crippen LogP contribution in [0.5, 0.6) is 0 Å². The molecule has 0 atom stereocenters. The molecule has 0 spiro atoms. The summed E-state index contributed by atoms with van der Waals surface area (Å²) < 4.78 is 5.02. The van der Waals surface area contributed by atoms with Crippen LogP contribution in [0.3, 0.4) is 0 Å². The Bertz CT molecular complexity index is 4310. The average molecular weight is 840 g/mol. The highest BCUT2D eigenvalue weighted by molar-refractivity contribution is 6.40. The van der Waals surface area contributed by atoms with Gasteiger partial charge >= 0.3 is 0 Å². The Labute approximate surface area is 378 Å². The van der Waals surface area contributed by atoms with E-state index in [0.29, 0.717) is 0 Å². The fraction of sp³-hybridized carbons (Fsp3) is 0. The van der Waals surface area contributed by atoms with Crippen LogP contribution in [0.2, 0.25) is 0 Å². The van der Waals surface area contributed by atoms with Gasteiger partial charge in [-0.05, 0) is 82.9 Å². The first kappa shape index (κ1) is 35.5. The molecule has 306 valence electrons. The van der Waals surface area contributed by atoms with Crippen molar-refractivity contribution in [2.45, 2.75) is 0 Å². The van der Waals surface area contributed by atoms with Crippen LogP contribution >= 0.6 is 0 Å². The van der Waals surface area contributed by atoms with Crippen molar-refractivity contribution < 1.29 is 0 Å². The topological polar surface area (TPSA) is 28.2 Å². The van der Waals surface area contributed by atoms with Gasteiger partial charge in [0.15, 0.2) is 0 Å². The summed E-state index contributed by atoms with van der Waals surface area (Å²) in [6.45, 7) is 0. The van der Waals surface area contributed by atoms with Crippen molar-refractivity contribution in [1.29, 1.82) is 0 Å². The molecule has 0 N–H and O–H groups in total. The van der Waals surface area contributed by atoms with Crippen molar-refractivity contribution in [3.8, 4) is 0 Å². The van der Waals surface area contributed by atoms with Crippen LogP contribution in [0, 0.1) is 0 Å². The lowest BCUT2D eigenvalue weighted by Crippen LogP contribution is -2.11. The second-order valence-electron chi connectivity index (χ2n) is 17.5. The van der Waals surface area contributed by atoms with E-state index in [4.69, 9.17) is 4.98 Å². The molecule has 0 unspecified atom stereocenters. The number of rotatable bonds is 6. The molecule has 0 bridgehead atoms. The highest BCUT2D eigenvalue weighted by Gasteiger charge is 2.30. The zero-order valence-corrected chi connectivity index (χ0v) is 35.6. The van der Waals surface area contributed by atoms with Crippen LogP contribution in [-0.2, 0) is 0 Å². The lowest BCUT2D eigenvalue weighted by atomic mass is 9.97. The van der Waals surface area contributed by atoms with E-state index in [0.717, 1.165) is 50.8 Å². The number of hydrogen-bond acceptors (Lipinski definition) is 3. The summed E-state index contributed by atoms with van der Waals surface area (Å²) in [6, 6.07) is 79.3. The van der Waals surface area contributed by atoms with Crippen LogP contribution in [0.25, 0.3) is 97.9 Å². The van der Waals surface area contributed by atoms with Gasteiger partial charge in [-0.15, -0.1) is 0 Å². The third-order valence-electron chi connectivity index (χ3n) is 14.1. The molecule has 0 aliphatic rings. The minimum Gasteiger partial charge on any atom is -0.308 e. The summed E-state index contributed by atoms with van der Waals surface area (Å²) >= 11 is 0. The summed E-state index contributed by atoms with van der Waals surface area (Å²) in [5, 5.41) is 14.6. The van der Waals surface area contributed by atoms with E-state index in [-0.39, 0.29) is 0 Å². The molecule has 5 aromatic heterocycles. The maximum Gasteiger partial charge on any atom is 0.146 e. The lowest BCUT2D eigenvalue weighted by molar-refractivity contribution is 1.23. The maximum atomic E-state index is 5.64. The third-order valence-corrected chi connectivity index (χ3v) is 14.1. The molecular formula is C61H37N5. The van der Waals surface area contributed by atoms with Crippen molar-refractivity contribution in [2.24, 2.45) is 0 Å². The third kappa shape index (κ3) is 4.65. The second kappa shape index (κ2) is 13.3. The minimum absolute atomic E-state index is 0.959. The molecule has 0 fully saturated rings. The SMILES string of the molecule is c1ccc(N(c2ccccc2)c2c3ccccc3cc3c4cc5ccccc5c5c6c7c8cccc9c%10cccc(N(c%11ccccc%11)c%11ccccc%11)c%10n(c7ncc6n(c23)c45)c98)cc1. The van der Waals surface area contributed by atoms with Gasteiger partial charge in [-0.25, -0.2) is 4.98 Å². The lowest BCUT2D eigenvalue weighted by Gasteiger charge is -2.28.